The van der Waals surface area contributed by atoms with Gasteiger partial charge in [0.05, 0.1) is 4.92 Å². The molecule has 25 heavy (non-hydrogen) atoms. The number of nitrogens with two attached hydrogens (primary N) is 1. The maximum Gasteiger partial charge on any atom is 0.270 e. The molecule has 6 heteroatoms. The molecule has 1 atom stereocenters. The van der Waals surface area contributed by atoms with Crippen molar-refractivity contribution >= 4 is 11.6 Å². The van der Waals surface area contributed by atoms with Crippen LogP contribution in [0, 0.1) is 17.0 Å². The fourth-order valence-electron chi connectivity index (χ4n) is 2.51. The van der Waals surface area contributed by atoms with E-state index in [9.17, 15) is 14.9 Å². The number of nitro groups is 1. The summed E-state index contributed by atoms with van der Waals surface area (Å²) in [5.74, 6) is 0.0808. The quantitative estimate of drug-likeness (QED) is 0.621. The maximum absolute atomic E-state index is 12.3. The Hall–Kier alpha value is -2.73. The zero-order valence-electron chi connectivity index (χ0n) is 14.7. The van der Waals surface area contributed by atoms with Crippen LogP contribution in [0.1, 0.15) is 52.9 Å². The molecule has 0 fully saturated rings. The number of amides is 1. The fourth-order valence-corrected chi connectivity index (χ4v) is 2.51. The number of hydrogen-bond acceptors (Lipinski definition) is 4. The van der Waals surface area contributed by atoms with Crippen molar-refractivity contribution in [3.8, 4) is 0 Å². The molecule has 1 unspecified atom stereocenters. The Bertz CT molecular complexity index is 770. The van der Waals surface area contributed by atoms with E-state index >= 15 is 0 Å². The molecule has 3 N–H and O–H groups in total. The summed E-state index contributed by atoms with van der Waals surface area (Å²) in [6, 6.07) is 11.9. The van der Waals surface area contributed by atoms with E-state index in [-0.39, 0.29) is 29.7 Å². The fraction of sp³-hybridized carbons (Fsp3) is 0.316. The van der Waals surface area contributed by atoms with Crippen molar-refractivity contribution in [2.75, 3.05) is 6.54 Å². The number of hydrogen-bond donors (Lipinski definition) is 2. The summed E-state index contributed by atoms with van der Waals surface area (Å²) in [6.45, 7) is 6.23. The molecule has 0 aliphatic rings. The van der Waals surface area contributed by atoms with Gasteiger partial charge in [-0.1, -0.05) is 44.2 Å². The molecule has 0 saturated heterocycles. The van der Waals surface area contributed by atoms with E-state index in [1.165, 1.54) is 17.7 Å². The monoisotopic (exact) mass is 341 g/mol. The number of nitrogens with one attached hydrogen (secondary N) is 1. The van der Waals surface area contributed by atoms with Gasteiger partial charge in [-0.05, 0) is 29.5 Å². The van der Waals surface area contributed by atoms with Crippen LogP contribution < -0.4 is 11.1 Å². The standard InChI is InChI=1S/C19H23N3O3/c1-12(2)14-5-7-15(8-6-14)18(20)11-21-19(23)17-10-16(22(24)25)9-4-13(17)3/h4-10,12,18H,11,20H2,1-3H3,(H,21,23). The number of nitrogens with zero attached hydrogens (tertiary/aromatic N) is 1. The summed E-state index contributed by atoms with van der Waals surface area (Å²) < 4.78 is 0. The molecule has 132 valence electrons. The lowest BCUT2D eigenvalue weighted by atomic mass is 9.99. The topological polar surface area (TPSA) is 98.3 Å². The third-order valence-electron chi connectivity index (χ3n) is 4.19. The zero-order valence-corrected chi connectivity index (χ0v) is 14.7. The molecule has 0 aliphatic heterocycles. The second-order valence-electron chi connectivity index (χ2n) is 6.39. The van der Waals surface area contributed by atoms with E-state index in [0.717, 1.165) is 5.56 Å². The van der Waals surface area contributed by atoms with Crippen LogP contribution in [0.5, 0.6) is 0 Å². The van der Waals surface area contributed by atoms with Crippen LogP contribution in [0.3, 0.4) is 0 Å². The number of carbonyl (C=O) groups is 1. The van der Waals surface area contributed by atoms with Crippen LogP contribution in [-0.2, 0) is 0 Å². The van der Waals surface area contributed by atoms with Crippen molar-refractivity contribution in [2.24, 2.45) is 5.73 Å². The highest BCUT2D eigenvalue weighted by molar-refractivity contribution is 5.96. The lowest BCUT2D eigenvalue weighted by Gasteiger charge is -2.15. The van der Waals surface area contributed by atoms with Gasteiger partial charge >= 0.3 is 0 Å². The first-order valence-electron chi connectivity index (χ1n) is 8.18. The number of non-ortho nitro benzene ring substituents is 1. The highest BCUT2D eigenvalue weighted by Gasteiger charge is 2.16. The van der Waals surface area contributed by atoms with E-state index in [4.69, 9.17) is 5.73 Å². The lowest BCUT2D eigenvalue weighted by Crippen LogP contribution is -2.32. The SMILES string of the molecule is Cc1ccc([N+](=O)[O-])cc1C(=O)NCC(N)c1ccc(C(C)C)cc1. The number of nitro benzene ring substituents is 1. The van der Waals surface area contributed by atoms with Gasteiger partial charge in [0.2, 0.25) is 0 Å². The molecule has 0 bridgehead atoms. The Kier molecular flexibility index (Phi) is 5.88. The second-order valence-corrected chi connectivity index (χ2v) is 6.39. The van der Waals surface area contributed by atoms with Gasteiger partial charge in [-0.3, -0.25) is 14.9 Å². The van der Waals surface area contributed by atoms with Crippen LogP contribution in [0.15, 0.2) is 42.5 Å². The summed E-state index contributed by atoms with van der Waals surface area (Å²) >= 11 is 0. The minimum Gasteiger partial charge on any atom is -0.350 e. The third-order valence-corrected chi connectivity index (χ3v) is 4.19. The summed E-state index contributed by atoms with van der Waals surface area (Å²) in [5.41, 5.74) is 9.16. The predicted octanol–water partition coefficient (Wildman–Crippen LogP) is 3.46. The maximum atomic E-state index is 12.3. The minimum absolute atomic E-state index is 0.107. The Morgan fingerprint density at radius 3 is 2.32 bits per heavy atom. The van der Waals surface area contributed by atoms with Crippen molar-refractivity contribution in [3.63, 3.8) is 0 Å². The average Bonchev–Trinajstić information content (AvgIpc) is 2.59. The highest BCUT2D eigenvalue weighted by atomic mass is 16.6. The molecule has 2 aromatic carbocycles. The van der Waals surface area contributed by atoms with E-state index < -0.39 is 4.92 Å². The molecule has 0 spiro atoms. The largest absolute Gasteiger partial charge is 0.350 e. The molecule has 2 aromatic rings. The first-order chi connectivity index (χ1) is 11.8. The molecule has 0 heterocycles. The first-order valence-corrected chi connectivity index (χ1v) is 8.18. The highest BCUT2D eigenvalue weighted by Crippen LogP contribution is 2.19. The van der Waals surface area contributed by atoms with Crippen LogP contribution in [-0.4, -0.2) is 17.4 Å². The Balaban J connectivity index is 2.04. The molecule has 0 aromatic heterocycles. The van der Waals surface area contributed by atoms with E-state index in [1.807, 2.05) is 24.3 Å². The number of aryl methyl sites for hydroxylation is 1. The van der Waals surface area contributed by atoms with Crippen LogP contribution in [0.4, 0.5) is 5.69 Å². The number of rotatable bonds is 6. The van der Waals surface area contributed by atoms with Gasteiger partial charge < -0.3 is 11.1 Å². The number of carbonyl (C=O) groups excluding carboxylic acids is 1. The van der Waals surface area contributed by atoms with Crippen molar-refractivity contribution in [2.45, 2.75) is 32.7 Å². The first kappa shape index (κ1) is 18.6. The third kappa shape index (κ3) is 4.64. The van der Waals surface area contributed by atoms with E-state index in [0.29, 0.717) is 11.5 Å². The van der Waals surface area contributed by atoms with Crippen LogP contribution >= 0.6 is 0 Å². The van der Waals surface area contributed by atoms with Crippen LogP contribution in [0.2, 0.25) is 0 Å². The summed E-state index contributed by atoms with van der Waals surface area (Å²) in [5, 5.41) is 13.6. The molecule has 0 radical (unpaired) electrons. The molecule has 1 amide bonds. The van der Waals surface area contributed by atoms with E-state index in [1.54, 1.807) is 13.0 Å². The van der Waals surface area contributed by atoms with Gasteiger partial charge in [0.15, 0.2) is 0 Å². The van der Waals surface area contributed by atoms with Gasteiger partial charge in [-0.15, -0.1) is 0 Å². The van der Waals surface area contributed by atoms with Gasteiger partial charge in [0, 0.05) is 30.3 Å². The lowest BCUT2D eigenvalue weighted by molar-refractivity contribution is -0.384. The Morgan fingerprint density at radius 1 is 1.16 bits per heavy atom. The molecule has 0 aliphatic carbocycles. The summed E-state index contributed by atoms with van der Waals surface area (Å²) in [6.07, 6.45) is 0. The van der Waals surface area contributed by atoms with E-state index in [2.05, 4.69) is 19.2 Å². The van der Waals surface area contributed by atoms with Crippen molar-refractivity contribution in [3.05, 3.63) is 74.8 Å². The molecule has 6 nitrogen and oxygen atoms in total. The summed E-state index contributed by atoms with van der Waals surface area (Å²) in [4.78, 5) is 22.7. The average molecular weight is 341 g/mol. The normalized spacial score (nSPS) is 12.0. The molecular formula is C19H23N3O3. The molecule has 2 rings (SSSR count). The Morgan fingerprint density at radius 2 is 1.76 bits per heavy atom. The van der Waals surface area contributed by atoms with Gasteiger partial charge in [-0.25, -0.2) is 0 Å². The smallest absolute Gasteiger partial charge is 0.270 e. The second kappa shape index (κ2) is 7.90. The minimum atomic E-state index is -0.516. The molecular weight excluding hydrogens is 318 g/mol. The Labute approximate surface area is 147 Å². The van der Waals surface area contributed by atoms with Crippen molar-refractivity contribution in [1.82, 2.24) is 5.32 Å². The van der Waals surface area contributed by atoms with Gasteiger partial charge in [-0.2, -0.15) is 0 Å². The summed E-state index contributed by atoms with van der Waals surface area (Å²) in [7, 11) is 0. The van der Waals surface area contributed by atoms with Crippen molar-refractivity contribution < 1.29 is 9.72 Å². The predicted molar refractivity (Wildman–Crippen MR) is 97.6 cm³/mol. The van der Waals surface area contributed by atoms with Crippen LogP contribution in [0.25, 0.3) is 0 Å². The zero-order chi connectivity index (χ0) is 18.6. The van der Waals surface area contributed by atoms with Gasteiger partial charge in [0.1, 0.15) is 0 Å². The van der Waals surface area contributed by atoms with Crippen molar-refractivity contribution in [1.29, 1.82) is 0 Å². The van der Waals surface area contributed by atoms with Gasteiger partial charge in [0.25, 0.3) is 11.6 Å². The number of benzene rings is 2. The molecule has 0 saturated carbocycles.